The van der Waals surface area contributed by atoms with Crippen LogP contribution in [-0.4, -0.2) is 39.1 Å². The van der Waals surface area contributed by atoms with E-state index in [4.69, 9.17) is 0 Å². The Hall–Kier alpha value is -3.55. The Bertz CT molecular complexity index is 961. The molecule has 28 heavy (non-hydrogen) atoms. The van der Waals surface area contributed by atoms with Crippen LogP contribution in [0.3, 0.4) is 0 Å². The van der Waals surface area contributed by atoms with E-state index in [1.165, 1.54) is 10.4 Å². The molecule has 0 saturated heterocycles. The number of carbonyl (C=O) groups excluding carboxylic acids is 2. The van der Waals surface area contributed by atoms with Crippen LogP contribution in [0.1, 0.15) is 35.7 Å². The molecule has 0 aliphatic rings. The average molecular weight is 378 g/mol. The first-order chi connectivity index (χ1) is 13.5. The highest BCUT2D eigenvalue weighted by molar-refractivity contribution is 5.95. The number of amides is 2. The van der Waals surface area contributed by atoms with E-state index in [9.17, 15) is 9.59 Å². The number of hydrogen-bond donors (Lipinski definition) is 2. The smallest absolute Gasteiger partial charge is 0.251 e. The number of nitrogens with one attached hydrogen (secondary N) is 2. The van der Waals surface area contributed by atoms with Gasteiger partial charge < -0.3 is 10.6 Å². The zero-order valence-electron chi connectivity index (χ0n) is 16.0. The SMILES string of the molecule is CNC(=O)c1ccc(NC(=O)Cn2nnc(-c3ccc(C(C)C)cc3)n2)cc1. The average Bonchev–Trinajstić information content (AvgIpc) is 3.16. The van der Waals surface area contributed by atoms with Crippen LogP contribution >= 0.6 is 0 Å². The van der Waals surface area contributed by atoms with Gasteiger partial charge in [-0.3, -0.25) is 9.59 Å². The van der Waals surface area contributed by atoms with E-state index < -0.39 is 0 Å². The van der Waals surface area contributed by atoms with Crippen molar-refractivity contribution in [1.82, 2.24) is 25.5 Å². The van der Waals surface area contributed by atoms with Crippen LogP contribution in [0.25, 0.3) is 11.4 Å². The maximum Gasteiger partial charge on any atom is 0.251 e. The van der Waals surface area contributed by atoms with E-state index in [2.05, 4.69) is 39.9 Å². The fourth-order valence-electron chi connectivity index (χ4n) is 2.62. The summed E-state index contributed by atoms with van der Waals surface area (Å²) in [7, 11) is 1.57. The summed E-state index contributed by atoms with van der Waals surface area (Å²) in [5, 5.41) is 17.5. The zero-order valence-corrected chi connectivity index (χ0v) is 16.0. The normalized spacial score (nSPS) is 10.7. The number of nitrogens with zero attached hydrogens (tertiary/aromatic N) is 4. The topological polar surface area (TPSA) is 102 Å². The fraction of sp³-hybridized carbons (Fsp3) is 0.250. The van der Waals surface area contributed by atoms with Gasteiger partial charge in [0.25, 0.3) is 5.91 Å². The van der Waals surface area contributed by atoms with Crippen LogP contribution in [0.2, 0.25) is 0 Å². The van der Waals surface area contributed by atoms with Gasteiger partial charge in [-0.1, -0.05) is 38.1 Å². The standard InChI is InChI=1S/C20H22N6O2/c1-13(2)14-4-6-15(7-5-14)19-23-25-26(24-19)12-18(27)22-17-10-8-16(9-11-17)20(28)21-3/h4-11,13H,12H2,1-3H3,(H,21,28)(H,22,27). The molecule has 0 radical (unpaired) electrons. The quantitative estimate of drug-likeness (QED) is 0.686. The van der Waals surface area contributed by atoms with Crippen molar-refractivity contribution >= 4 is 17.5 Å². The summed E-state index contributed by atoms with van der Waals surface area (Å²) in [5.74, 6) is 0.454. The van der Waals surface area contributed by atoms with E-state index in [0.29, 0.717) is 23.0 Å². The molecule has 0 spiro atoms. The highest BCUT2D eigenvalue weighted by Gasteiger charge is 2.11. The third-order valence-corrected chi connectivity index (χ3v) is 4.23. The van der Waals surface area contributed by atoms with Crippen molar-refractivity contribution in [2.75, 3.05) is 12.4 Å². The largest absolute Gasteiger partial charge is 0.355 e. The molecule has 0 aliphatic heterocycles. The second kappa shape index (κ2) is 8.43. The molecule has 144 valence electrons. The van der Waals surface area contributed by atoms with Gasteiger partial charge in [-0.15, -0.1) is 10.2 Å². The molecule has 0 saturated carbocycles. The van der Waals surface area contributed by atoms with Gasteiger partial charge in [0.1, 0.15) is 6.54 Å². The van der Waals surface area contributed by atoms with Crippen LogP contribution in [-0.2, 0) is 11.3 Å². The molecule has 2 amide bonds. The minimum absolute atomic E-state index is 0.0612. The molecule has 3 rings (SSSR count). The first-order valence-electron chi connectivity index (χ1n) is 8.96. The van der Waals surface area contributed by atoms with E-state index in [1.54, 1.807) is 31.3 Å². The van der Waals surface area contributed by atoms with Crippen molar-refractivity contribution in [2.24, 2.45) is 0 Å². The molecule has 1 aromatic heterocycles. The summed E-state index contributed by atoms with van der Waals surface area (Å²) >= 11 is 0. The van der Waals surface area contributed by atoms with Gasteiger partial charge in [-0.25, -0.2) is 0 Å². The first kappa shape index (κ1) is 19.2. The number of benzene rings is 2. The molecular weight excluding hydrogens is 356 g/mol. The Balaban J connectivity index is 1.61. The van der Waals surface area contributed by atoms with Gasteiger partial charge in [0.15, 0.2) is 0 Å². The number of hydrogen-bond acceptors (Lipinski definition) is 5. The molecule has 2 aromatic carbocycles. The summed E-state index contributed by atoms with van der Waals surface area (Å²) in [6, 6.07) is 14.6. The highest BCUT2D eigenvalue weighted by atomic mass is 16.2. The highest BCUT2D eigenvalue weighted by Crippen LogP contribution is 2.19. The van der Waals surface area contributed by atoms with E-state index in [0.717, 1.165) is 5.56 Å². The molecule has 8 nitrogen and oxygen atoms in total. The molecule has 0 atom stereocenters. The minimum atomic E-state index is -0.285. The Labute approximate surface area is 163 Å². The summed E-state index contributed by atoms with van der Waals surface area (Å²) in [6.45, 7) is 4.21. The molecule has 0 bridgehead atoms. The van der Waals surface area contributed by atoms with Crippen molar-refractivity contribution < 1.29 is 9.59 Å². The van der Waals surface area contributed by atoms with Crippen molar-refractivity contribution in [2.45, 2.75) is 26.3 Å². The van der Waals surface area contributed by atoms with Gasteiger partial charge in [-0.2, -0.15) is 4.80 Å². The van der Waals surface area contributed by atoms with Gasteiger partial charge in [-0.05, 0) is 41.0 Å². The zero-order chi connectivity index (χ0) is 20.1. The Morgan fingerprint density at radius 2 is 1.71 bits per heavy atom. The van der Waals surface area contributed by atoms with Crippen molar-refractivity contribution in [1.29, 1.82) is 0 Å². The summed E-state index contributed by atoms with van der Waals surface area (Å²) < 4.78 is 0. The number of aromatic nitrogens is 4. The molecule has 1 heterocycles. The monoisotopic (exact) mass is 378 g/mol. The first-order valence-corrected chi connectivity index (χ1v) is 8.96. The summed E-state index contributed by atoms with van der Waals surface area (Å²) in [4.78, 5) is 25.0. The molecule has 0 unspecified atom stereocenters. The van der Waals surface area contributed by atoms with E-state index in [1.807, 2.05) is 24.3 Å². The second-order valence-electron chi connectivity index (χ2n) is 6.62. The van der Waals surface area contributed by atoms with E-state index in [-0.39, 0.29) is 18.4 Å². The number of carbonyl (C=O) groups is 2. The van der Waals surface area contributed by atoms with Gasteiger partial charge in [0.05, 0.1) is 0 Å². The lowest BCUT2D eigenvalue weighted by molar-refractivity contribution is -0.117. The molecular formula is C20H22N6O2. The van der Waals surface area contributed by atoms with Gasteiger partial charge in [0.2, 0.25) is 11.7 Å². The van der Waals surface area contributed by atoms with Gasteiger partial charge in [0, 0.05) is 23.9 Å². The van der Waals surface area contributed by atoms with Crippen LogP contribution in [0.5, 0.6) is 0 Å². The van der Waals surface area contributed by atoms with Crippen molar-refractivity contribution in [3.8, 4) is 11.4 Å². The fourth-order valence-corrected chi connectivity index (χ4v) is 2.62. The molecule has 0 fully saturated rings. The lowest BCUT2D eigenvalue weighted by atomic mass is 10.0. The second-order valence-corrected chi connectivity index (χ2v) is 6.62. The molecule has 3 aromatic rings. The third-order valence-electron chi connectivity index (χ3n) is 4.23. The Morgan fingerprint density at radius 3 is 2.32 bits per heavy atom. The van der Waals surface area contributed by atoms with E-state index >= 15 is 0 Å². The number of rotatable bonds is 6. The minimum Gasteiger partial charge on any atom is -0.355 e. The third kappa shape index (κ3) is 4.59. The van der Waals surface area contributed by atoms with Crippen molar-refractivity contribution in [3.05, 3.63) is 59.7 Å². The molecule has 0 aliphatic carbocycles. The molecule has 8 heteroatoms. The lowest BCUT2D eigenvalue weighted by Crippen LogP contribution is -2.21. The number of anilines is 1. The lowest BCUT2D eigenvalue weighted by Gasteiger charge is -2.06. The predicted octanol–water partition coefficient (Wildman–Crippen LogP) is 2.46. The van der Waals surface area contributed by atoms with Crippen LogP contribution in [0.4, 0.5) is 5.69 Å². The van der Waals surface area contributed by atoms with Crippen LogP contribution < -0.4 is 10.6 Å². The van der Waals surface area contributed by atoms with Gasteiger partial charge >= 0.3 is 0 Å². The maximum atomic E-state index is 12.2. The summed E-state index contributed by atoms with van der Waals surface area (Å²) in [6.07, 6.45) is 0. The van der Waals surface area contributed by atoms with Crippen molar-refractivity contribution in [3.63, 3.8) is 0 Å². The number of tetrazole rings is 1. The molecule has 2 N–H and O–H groups in total. The van der Waals surface area contributed by atoms with Crippen LogP contribution in [0, 0.1) is 0 Å². The maximum absolute atomic E-state index is 12.2. The Morgan fingerprint density at radius 1 is 1.04 bits per heavy atom. The predicted molar refractivity (Wildman–Crippen MR) is 106 cm³/mol. The van der Waals surface area contributed by atoms with Crippen LogP contribution in [0.15, 0.2) is 48.5 Å². The summed E-state index contributed by atoms with van der Waals surface area (Å²) in [5.41, 5.74) is 3.19. The Kier molecular flexibility index (Phi) is 5.78.